The molecule has 11 nitrogen and oxygen atoms in total. The van der Waals surface area contributed by atoms with Gasteiger partial charge in [0.15, 0.2) is 17.0 Å². The van der Waals surface area contributed by atoms with E-state index in [1.54, 1.807) is 30.3 Å². The summed E-state index contributed by atoms with van der Waals surface area (Å²) in [4.78, 5) is 38.3. The van der Waals surface area contributed by atoms with Crippen molar-refractivity contribution in [2.45, 2.75) is 19.4 Å². The van der Waals surface area contributed by atoms with Gasteiger partial charge in [-0.05, 0) is 29.7 Å². The highest BCUT2D eigenvalue weighted by atomic mass is 19.1. The zero-order chi connectivity index (χ0) is 22.2. The number of imidazole rings is 1. The van der Waals surface area contributed by atoms with Crippen LogP contribution in [0.2, 0.25) is 0 Å². The highest BCUT2D eigenvalue weighted by Crippen LogP contribution is 2.22. The van der Waals surface area contributed by atoms with E-state index < -0.39 is 18.2 Å². The minimum absolute atomic E-state index is 0.00779. The average molecular weight is 424 g/mol. The van der Waals surface area contributed by atoms with E-state index in [4.69, 9.17) is 10.6 Å². The molecule has 31 heavy (non-hydrogen) atoms. The number of hydrogen-bond donors (Lipinski definition) is 2. The summed E-state index contributed by atoms with van der Waals surface area (Å²) in [7, 11) is 0. The SMILES string of the molecule is [N-]=[N+]=NCC/C(CC(=O)O)=C(/F)Cn1cnc2c(NC(=O)c3ccccc3)ncnc21. The Morgan fingerprint density at radius 2 is 2.00 bits per heavy atom. The summed E-state index contributed by atoms with van der Waals surface area (Å²) in [6.07, 6.45) is 1.99. The number of aliphatic carboxylic acids is 1. The number of carboxylic acid groups (broad SMARTS) is 1. The number of carbonyl (C=O) groups excluding carboxylic acids is 1. The zero-order valence-electron chi connectivity index (χ0n) is 16.1. The van der Waals surface area contributed by atoms with Gasteiger partial charge in [-0.2, -0.15) is 0 Å². The summed E-state index contributed by atoms with van der Waals surface area (Å²) in [5.74, 6) is -2.11. The Balaban J connectivity index is 1.86. The first-order chi connectivity index (χ1) is 15.0. The van der Waals surface area contributed by atoms with E-state index >= 15 is 0 Å². The van der Waals surface area contributed by atoms with Gasteiger partial charge in [0.25, 0.3) is 5.91 Å². The number of anilines is 1. The first-order valence-corrected chi connectivity index (χ1v) is 9.11. The van der Waals surface area contributed by atoms with E-state index in [9.17, 15) is 14.0 Å². The van der Waals surface area contributed by atoms with Crippen molar-refractivity contribution in [2.75, 3.05) is 11.9 Å². The van der Waals surface area contributed by atoms with Crippen LogP contribution in [0, 0.1) is 0 Å². The third kappa shape index (κ3) is 5.40. The molecule has 12 heteroatoms. The molecular formula is C19H17FN8O3. The topological polar surface area (TPSA) is 159 Å². The number of carboxylic acids is 1. The summed E-state index contributed by atoms with van der Waals surface area (Å²) in [6.45, 7) is -0.381. The van der Waals surface area contributed by atoms with E-state index in [1.165, 1.54) is 17.2 Å². The Kier molecular flexibility index (Phi) is 6.86. The Bertz CT molecular complexity index is 1190. The van der Waals surface area contributed by atoms with Crippen molar-refractivity contribution in [3.05, 3.63) is 70.4 Å². The van der Waals surface area contributed by atoms with Crippen LogP contribution in [0.3, 0.4) is 0 Å². The monoisotopic (exact) mass is 424 g/mol. The summed E-state index contributed by atoms with van der Waals surface area (Å²) in [5.41, 5.74) is 9.32. The molecule has 2 heterocycles. The summed E-state index contributed by atoms with van der Waals surface area (Å²) < 4.78 is 16.2. The van der Waals surface area contributed by atoms with Crippen molar-refractivity contribution in [3.63, 3.8) is 0 Å². The number of allylic oxidation sites excluding steroid dienone is 1. The third-order valence-electron chi connectivity index (χ3n) is 4.30. The van der Waals surface area contributed by atoms with Gasteiger partial charge in [-0.25, -0.2) is 19.3 Å². The predicted molar refractivity (Wildman–Crippen MR) is 109 cm³/mol. The van der Waals surface area contributed by atoms with Crippen LogP contribution in [-0.4, -0.2) is 43.0 Å². The molecule has 0 radical (unpaired) electrons. The minimum atomic E-state index is -1.20. The number of amides is 1. The van der Waals surface area contributed by atoms with Gasteiger partial charge in [0.05, 0.1) is 19.3 Å². The second-order valence-electron chi connectivity index (χ2n) is 6.37. The Morgan fingerprint density at radius 1 is 1.23 bits per heavy atom. The lowest BCUT2D eigenvalue weighted by Crippen LogP contribution is -2.13. The first kappa shape index (κ1) is 21.4. The molecule has 0 aliphatic rings. The van der Waals surface area contributed by atoms with Crippen molar-refractivity contribution < 1.29 is 19.1 Å². The molecule has 1 amide bonds. The van der Waals surface area contributed by atoms with Crippen LogP contribution in [0.4, 0.5) is 10.2 Å². The molecular weight excluding hydrogens is 407 g/mol. The molecule has 3 aromatic rings. The number of hydrogen-bond acceptors (Lipinski definition) is 6. The second kappa shape index (κ2) is 9.94. The van der Waals surface area contributed by atoms with Gasteiger partial charge in [0.2, 0.25) is 0 Å². The van der Waals surface area contributed by atoms with E-state index in [0.29, 0.717) is 5.56 Å². The Labute approximate surface area is 174 Å². The number of rotatable bonds is 9. The molecule has 2 aromatic heterocycles. The number of aromatic nitrogens is 4. The number of benzene rings is 1. The molecule has 158 valence electrons. The smallest absolute Gasteiger partial charge is 0.307 e. The standard InChI is InChI=1S/C19H17FN8O3/c20-14(13(8-15(29)30)6-7-25-27-21)9-28-11-24-16-17(22-10-23-18(16)28)26-19(31)12-4-2-1-3-5-12/h1-5,10-11H,6-9H2,(H,29,30)(H,22,23,26,31)/b14-13-. The third-order valence-corrected chi connectivity index (χ3v) is 4.30. The number of carbonyl (C=O) groups is 2. The van der Waals surface area contributed by atoms with Gasteiger partial charge in [-0.3, -0.25) is 9.59 Å². The minimum Gasteiger partial charge on any atom is -0.481 e. The van der Waals surface area contributed by atoms with E-state index in [2.05, 4.69) is 30.3 Å². The lowest BCUT2D eigenvalue weighted by atomic mass is 10.1. The molecule has 0 fully saturated rings. The molecule has 0 unspecified atom stereocenters. The van der Waals surface area contributed by atoms with Crippen LogP contribution in [0.25, 0.3) is 21.6 Å². The van der Waals surface area contributed by atoms with Gasteiger partial charge in [-0.15, -0.1) is 0 Å². The number of nitrogens with one attached hydrogen (secondary N) is 1. The lowest BCUT2D eigenvalue weighted by molar-refractivity contribution is -0.136. The van der Waals surface area contributed by atoms with Crippen LogP contribution >= 0.6 is 0 Å². The first-order valence-electron chi connectivity index (χ1n) is 9.11. The fourth-order valence-corrected chi connectivity index (χ4v) is 2.85. The molecule has 3 rings (SSSR count). The average Bonchev–Trinajstić information content (AvgIpc) is 3.17. The van der Waals surface area contributed by atoms with Crippen LogP contribution in [0.15, 0.2) is 59.5 Å². The van der Waals surface area contributed by atoms with Gasteiger partial charge >= 0.3 is 5.97 Å². The largest absolute Gasteiger partial charge is 0.481 e. The molecule has 0 aliphatic heterocycles. The fourth-order valence-electron chi connectivity index (χ4n) is 2.85. The predicted octanol–water partition coefficient (Wildman–Crippen LogP) is 3.48. The molecule has 0 bridgehead atoms. The van der Waals surface area contributed by atoms with E-state index in [1.807, 2.05) is 0 Å². The second-order valence-corrected chi connectivity index (χ2v) is 6.37. The summed E-state index contributed by atoms with van der Waals surface area (Å²) >= 11 is 0. The molecule has 0 spiro atoms. The molecule has 0 atom stereocenters. The van der Waals surface area contributed by atoms with Crippen molar-refractivity contribution in [1.29, 1.82) is 0 Å². The van der Waals surface area contributed by atoms with Crippen LogP contribution in [-0.2, 0) is 11.3 Å². The van der Waals surface area contributed by atoms with Crippen LogP contribution in [0.5, 0.6) is 0 Å². The van der Waals surface area contributed by atoms with Crippen LogP contribution in [0.1, 0.15) is 23.2 Å². The lowest BCUT2D eigenvalue weighted by Gasteiger charge is -2.08. The van der Waals surface area contributed by atoms with Crippen molar-refractivity contribution >= 4 is 28.9 Å². The summed E-state index contributed by atoms with van der Waals surface area (Å²) in [6, 6.07) is 8.53. The molecule has 0 aliphatic carbocycles. The van der Waals surface area contributed by atoms with Gasteiger partial charge in [0, 0.05) is 17.0 Å². The molecule has 1 aromatic carbocycles. The molecule has 0 saturated heterocycles. The maximum Gasteiger partial charge on any atom is 0.307 e. The van der Waals surface area contributed by atoms with Crippen molar-refractivity contribution in [3.8, 4) is 0 Å². The zero-order valence-corrected chi connectivity index (χ0v) is 16.1. The van der Waals surface area contributed by atoms with Crippen molar-refractivity contribution in [1.82, 2.24) is 19.5 Å². The summed E-state index contributed by atoms with van der Waals surface area (Å²) in [5, 5.41) is 15.0. The quantitative estimate of drug-likeness (QED) is 0.304. The highest BCUT2D eigenvalue weighted by molar-refractivity contribution is 6.06. The number of nitrogens with zero attached hydrogens (tertiary/aromatic N) is 7. The maximum atomic E-state index is 14.8. The highest BCUT2D eigenvalue weighted by Gasteiger charge is 2.16. The number of halogens is 1. The van der Waals surface area contributed by atoms with Crippen molar-refractivity contribution in [2.24, 2.45) is 5.11 Å². The Hall–Kier alpha value is -4.31. The normalized spacial score (nSPS) is 11.5. The molecule has 2 N–H and O–H groups in total. The number of fused-ring (bicyclic) bond motifs is 1. The Morgan fingerprint density at radius 3 is 2.71 bits per heavy atom. The number of azide groups is 1. The van der Waals surface area contributed by atoms with Gasteiger partial charge < -0.3 is 15.0 Å². The van der Waals surface area contributed by atoms with E-state index in [0.717, 1.165) is 0 Å². The van der Waals surface area contributed by atoms with Gasteiger partial charge in [0.1, 0.15) is 12.2 Å². The van der Waals surface area contributed by atoms with Gasteiger partial charge in [-0.1, -0.05) is 23.3 Å². The van der Waals surface area contributed by atoms with E-state index in [-0.39, 0.29) is 48.0 Å². The van der Waals surface area contributed by atoms with Crippen LogP contribution < -0.4 is 5.32 Å². The fraction of sp³-hybridized carbons (Fsp3) is 0.211. The molecule has 0 saturated carbocycles. The maximum absolute atomic E-state index is 14.8.